The van der Waals surface area contributed by atoms with Gasteiger partial charge in [-0.25, -0.2) is 4.98 Å². The lowest BCUT2D eigenvalue weighted by Crippen LogP contribution is -1.80. The third kappa shape index (κ3) is 1.37. The molecule has 0 saturated carbocycles. The number of nitrogens with zero attached hydrogens (tertiary/aromatic N) is 1. The lowest BCUT2D eigenvalue weighted by molar-refractivity contribution is 0.109. The highest BCUT2D eigenvalue weighted by atomic mass is 79.9. The van der Waals surface area contributed by atoms with E-state index in [1.807, 2.05) is 12.1 Å². The Balaban J connectivity index is 2.74. The third-order valence-electron chi connectivity index (χ3n) is 1.76. The first-order valence-electron chi connectivity index (χ1n) is 3.74. The molecule has 0 amide bonds. The molecular weight excluding hydrogens is 234 g/mol. The van der Waals surface area contributed by atoms with Crippen LogP contribution in [-0.2, 0) is 5.33 Å². The largest absolute Gasteiger partial charge is 0.434 e. The zero-order chi connectivity index (χ0) is 9.26. The van der Waals surface area contributed by atoms with E-state index in [2.05, 4.69) is 20.9 Å². The minimum atomic E-state index is 0.128. The van der Waals surface area contributed by atoms with E-state index < -0.39 is 0 Å². The number of alkyl halides is 1. The van der Waals surface area contributed by atoms with Crippen molar-refractivity contribution in [3.05, 3.63) is 29.7 Å². The Labute approximate surface area is 82.9 Å². The van der Waals surface area contributed by atoms with Gasteiger partial charge in [0.2, 0.25) is 6.29 Å². The van der Waals surface area contributed by atoms with Crippen molar-refractivity contribution in [2.24, 2.45) is 0 Å². The molecule has 1 aromatic carbocycles. The zero-order valence-corrected chi connectivity index (χ0v) is 8.24. The summed E-state index contributed by atoms with van der Waals surface area (Å²) >= 11 is 3.34. The molecule has 0 aliphatic heterocycles. The lowest BCUT2D eigenvalue weighted by atomic mass is 10.2. The molecule has 0 bridgehead atoms. The maximum absolute atomic E-state index is 10.4. The summed E-state index contributed by atoms with van der Waals surface area (Å²) in [4.78, 5) is 14.4. The first-order valence-corrected chi connectivity index (χ1v) is 4.87. The highest BCUT2D eigenvalue weighted by Crippen LogP contribution is 2.20. The zero-order valence-electron chi connectivity index (χ0n) is 6.66. The van der Waals surface area contributed by atoms with Gasteiger partial charge in [0.15, 0.2) is 5.58 Å². The second kappa shape index (κ2) is 3.30. The summed E-state index contributed by atoms with van der Waals surface area (Å²) in [5, 5.41) is 0.704. The average Bonchev–Trinajstić information content (AvgIpc) is 2.59. The van der Waals surface area contributed by atoms with Gasteiger partial charge in [-0.15, -0.1) is 0 Å². The van der Waals surface area contributed by atoms with Crippen LogP contribution in [0.15, 0.2) is 22.6 Å². The first-order chi connectivity index (χ1) is 6.35. The van der Waals surface area contributed by atoms with Crippen LogP contribution in [0.5, 0.6) is 0 Å². The van der Waals surface area contributed by atoms with Crippen LogP contribution in [0.3, 0.4) is 0 Å². The van der Waals surface area contributed by atoms with Crippen LogP contribution in [-0.4, -0.2) is 11.3 Å². The molecule has 0 fully saturated rings. The number of carbonyl (C=O) groups is 1. The molecule has 0 N–H and O–H groups in total. The predicted octanol–water partition coefficient (Wildman–Crippen LogP) is 2.54. The minimum Gasteiger partial charge on any atom is -0.434 e. The van der Waals surface area contributed by atoms with E-state index in [-0.39, 0.29) is 5.89 Å². The maximum atomic E-state index is 10.4. The summed E-state index contributed by atoms with van der Waals surface area (Å²) in [5.41, 5.74) is 2.43. The molecule has 0 atom stereocenters. The van der Waals surface area contributed by atoms with Crippen LogP contribution in [0.1, 0.15) is 16.2 Å². The summed E-state index contributed by atoms with van der Waals surface area (Å²) < 4.78 is 5.16. The van der Waals surface area contributed by atoms with Crippen molar-refractivity contribution in [2.45, 2.75) is 5.33 Å². The van der Waals surface area contributed by atoms with E-state index in [0.29, 0.717) is 17.2 Å². The number of carbonyl (C=O) groups excluding carboxylic acids is 1. The number of rotatable bonds is 2. The Morgan fingerprint density at radius 2 is 2.38 bits per heavy atom. The highest BCUT2D eigenvalue weighted by Gasteiger charge is 2.07. The number of fused-ring (bicyclic) bond motifs is 1. The van der Waals surface area contributed by atoms with Crippen molar-refractivity contribution >= 4 is 33.3 Å². The summed E-state index contributed by atoms with van der Waals surface area (Å²) in [7, 11) is 0. The maximum Gasteiger partial charge on any atom is 0.260 e. The molecule has 0 radical (unpaired) electrons. The van der Waals surface area contributed by atoms with Gasteiger partial charge in [0, 0.05) is 5.33 Å². The van der Waals surface area contributed by atoms with Crippen molar-refractivity contribution in [3.8, 4) is 0 Å². The van der Waals surface area contributed by atoms with E-state index in [1.165, 1.54) is 0 Å². The fraction of sp³-hybridized carbons (Fsp3) is 0.111. The minimum absolute atomic E-state index is 0.128. The van der Waals surface area contributed by atoms with Crippen molar-refractivity contribution in [3.63, 3.8) is 0 Å². The van der Waals surface area contributed by atoms with Crippen LogP contribution in [0.2, 0.25) is 0 Å². The summed E-state index contributed by atoms with van der Waals surface area (Å²) in [6.45, 7) is 0. The van der Waals surface area contributed by atoms with Crippen LogP contribution in [0.4, 0.5) is 0 Å². The third-order valence-corrected chi connectivity index (χ3v) is 2.37. The van der Waals surface area contributed by atoms with Gasteiger partial charge in [-0.05, 0) is 11.6 Å². The van der Waals surface area contributed by atoms with Crippen LogP contribution in [0.25, 0.3) is 11.1 Å². The topological polar surface area (TPSA) is 43.1 Å². The molecule has 0 spiro atoms. The van der Waals surface area contributed by atoms with Gasteiger partial charge in [0.25, 0.3) is 5.89 Å². The van der Waals surface area contributed by atoms with Crippen molar-refractivity contribution in [1.29, 1.82) is 0 Å². The van der Waals surface area contributed by atoms with Gasteiger partial charge >= 0.3 is 0 Å². The molecule has 0 aliphatic rings. The van der Waals surface area contributed by atoms with E-state index in [4.69, 9.17) is 4.42 Å². The predicted molar refractivity (Wildman–Crippen MR) is 52.0 cm³/mol. The summed E-state index contributed by atoms with van der Waals surface area (Å²) in [6, 6.07) is 5.61. The molecule has 1 aromatic heterocycles. The van der Waals surface area contributed by atoms with Crippen molar-refractivity contribution in [1.82, 2.24) is 4.98 Å². The Kier molecular flexibility index (Phi) is 2.14. The standard InChI is InChI=1S/C9H6BrNO2/c10-4-6-2-1-3-7-9(6)11-8(5-12)13-7/h1-3,5H,4H2. The molecule has 4 heteroatoms. The Bertz CT molecular complexity index is 450. The Hall–Kier alpha value is -1.16. The number of para-hydroxylation sites is 1. The fourth-order valence-corrected chi connectivity index (χ4v) is 1.63. The Morgan fingerprint density at radius 1 is 1.54 bits per heavy atom. The Morgan fingerprint density at radius 3 is 3.08 bits per heavy atom. The second-order valence-corrected chi connectivity index (χ2v) is 3.13. The number of aromatic nitrogens is 1. The first kappa shape index (κ1) is 8.44. The monoisotopic (exact) mass is 239 g/mol. The van der Waals surface area contributed by atoms with E-state index in [0.717, 1.165) is 11.1 Å². The smallest absolute Gasteiger partial charge is 0.260 e. The highest BCUT2D eigenvalue weighted by molar-refractivity contribution is 9.08. The number of benzene rings is 1. The normalized spacial score (nSPS) is 10.5. The molecule has 13 heavy (non-hydrogen) atoms. The summed E-state index contributed by atoms with van der Waals surface area (Å²) in [5.74, 6) is 0.128. The molecule has 0 saturated heterocycles. The quantitative estimate of drug-likeness (QED) is 0.598. The van der Waals surface area contributed by atoms with E-state index >= 15 is 0 Å². The van der Waals surface area contributed by atoms with E-state index in [9.17, 15) is 4.79 Å². The van der Waals surface area contributed by atoms with Gasteiger partial charge in [-0.2, -0.15) is 0 Å². The number of aldehydes is 1. The van der Waals surface area contributed by atoms with Gasteiger partial charge in [-0.1, -0.05) is 28.1 Å². The molecule has 0 unspecified atom stereocenters. The molecule has 66 valence electrons. The molecule has 2 aromatic rings. The number of halogens is 1. The van der Waals surface area contributed by atoms with Crippen LogP contribution in [0, 0.1) is 0 Å². The summed E-state index contributed by atoms with van der Waals surface area (Å²) in [6.07, 6.45) is 0.609. The van der Waals surface area contributed by atoms with Crippen molar-refractivity contribution in [2.75, 3.05) is 0 Å². The van der Waals surface area contributed by atoms with Gasteiger partial charge in [-0.3, -0.25) is 4.79 Å². The van der Waals surface area contributed by atoms with E-state index in [1.54, 1.807) is 6.07 Å². The molecule has 3 nitrogen and oxygen atoms in total. The van der Waals surface area contributed by atoms with Crippen molar-refractivity contribution < 1.29 is 9.21 Å². The van der Waals surface area contributed by atoms with Crippen LogP contribution < -0.4 is 0 Å². The number of hydrogen-bond acceptors (Lipinski definition) is 3. The fourth-order valence-electron chi connectivity index (χ4n) is 1.18. The SMILES string of the molecule is O=Cc1nc2c(CBr)cccc2o1. The molecular formula is C9H6BrNO2. The van der Waals surface area contributed by atoms with Gasteiger partial charge in [0.1, 0.15) is 5.52 Å². The van der Waals surface area contributed by atoms with Crippen LogP contribution >= 0.6 is 15.9 Å². The van der Waals surface area contributed by atoms with Gasteiger partial charge in [0.05, 0.1) is 0 Å². The van der Waals surface area contributed by atoms with Gasteiger partial charge < -0.3 is 4.42 Å². The molecule has 1 heterocycles. The average molecular weight is 240 g/mol. The molecule has 2 rings (SSSR count). The lowest BCUT2D eigenvalue weighted by Gasteiger charge is -1.92. The molecule has 0 aliphatic carbocycles. The second-order valence-electron chi connectivity index (χ2n) is 2.57. The number of hydrogen-bond donors (Lipinski definition) is 0. The number of oxazole rings is 1.